The zero-order valence-corrected chi connectivity index (χ0v) is 19.0. The first-order valence-corrected chi connectivity index (χ1v) is 12.1. The van der Waals surface area contributed by atoms with E-state index in [0.29, 0.717) is 17.8 Å². The van der Waals surface area contributed by atoms with Crippen LogP contribution in [0.25, 0.3) is 34.0 Å². The van der Waals surface area contributed by atoms with Crippen LogP contribution >= 0.6 is 11.3 Å². The van der Waals surface area contributed by atoms with Crippen molar-refractivity contribution in [1.29, 1.82) is 0 Å². The van der Waals surface area contributed by atoms with E-state index < -0.39 is 5.97 Å². The summed E-state index contributed by atoms with van der Waals surface area (Å²) in [6.45, 7) is 3.81. The van der Waals surface area contributed by atoms with Gasteiger partial charge in [-0.2, -0.15) is 16.3 Å². The Labute approximate surface area is 195 Å². The van der Waals surface area contributed by atoms with Crippen molar-refractivity contribution < 1.29 is 14.4 Å². The molecular weight excluding hydrogens is 434 g/mol. The van der Waals surface area contributed by atoms with Gasteiger partial charge in [-0.25, -0.2) is 0 Å². The average Bonchev–Trinajstić information content (AvgIpc) is 3.52. The quantitative estimate of drug-likeness (QED) is 0.419. The Morgan fingerprint density at radius 1 is 1.06 bits per heavy atom. The molecule has 2 aromatic heterocycles. The number of benzene rings is 2. The van der Waals surface area contributed by atoms with Gasteiger partial charge in [0.1, 0.15) is 0 Å². The summed E-state index contributed by atoms with van der Waals surface area (Å²) in [6, 6.07) is 15.0. The van der Waals surface area contributed by atoms with Crippen LogP contribution in [0.1, 0.15) is 29.5 Å². The maximum Gasteiger partial charge on any atom is 0.306 e. The van der Waals surface area contributed by atoms with E-state index in [4.69, 9.17) is 9.63 Å². The number of carboxylic acids is 1. The summed E-state index contributed by atoms with van der Waals surface area (Å²) in [5.74, 6) is 0.242. The fourth-order valence-electron chi connectivity index (χ4n) is 4.90. The molecule has 0 bridgehead atoms. The lowest BCUT2D eigenvalue weighted by Gasteiger charge is -2.39. The first-order valence-electron chi connectivity index (χ1n) is 11.1. The van der Waals surface area contributed by atoms with E-state index in [9.17, 15) is 4.79 Å². The highest BCUT2D eigenvalue weighted by Crippen LogP contribution is 2.38. The van der Waals surface area contributed by atoms with Gasteiger partial charge in [0, 0.05) is 30.3 Å². The molecule has 1 saturated carbocycles. The van der Waals surface area contributed by atoms with Crippen molar-refractivity contribution in [2.45, 2.75) is 38.9 Å². The van der Waals surface area contributed by atoms with Crippen LogP contribution in [0.4, 0.5) is 0 Å². The molecule has 1 aliphatic carbocycles. The molecule has 4 aromatic rings. The molecule has 0 atom stereocenters. The summed E-state index contributed by atoms with van der Waals surface area (Å²) in [5.41, 5.74) is 8.01. The van der Waals surface area contributed by atoms with Crippen molar-refractivity contribution in [3.8, 4) is 34.0 Å². The number of hydrogen-bond acceptors (Lipinski definition) is 6. The molecule has 2 aliphatic rings. The van der Waals surface area contributed by atoms with Gasteiger partial charge in [-0.3, -0.25) is 9.69 Å². The Morgan fingerprint density at radius 3 is 2.64 bits per heavy atom. The zero-order valence-electron chi connectivity index (χ0n) is 18.2. The molecule has 2 aromatic carbocycles. The molecular formula is C26H23N3O3S. The highest BCUT2D eigenvalue weighted by atomic mass is 32.1. The molecule has 0 radical (unpaired) electrons. The standard InChI is InChI=1S/C26H23N3O3S/c1-15-8-17(4-5-23(15)19-6-7-33-14-19)25-27-24(28-32-25)16-2-3-18-12-29(13-21(18)9-16)22-10-20(11-22)26(30)31/h2-9,14,20,22H,10-13H2,1H3,(H,30,31)/t20-,22-. The van der Waals surface area contributed by atoms with Crippen LogP contribution in [-0.2, 0) is 17.9 Å². The predicted molar refractivity (Wildman–Crippen MR) is 127 cm³/mol. The van der Waals surface area contributed by atoms with Crippen LogP contribution < -0.4 is 0 Å². The van der Waals surface area contributed by atoms with Gasteiger partial charge in [-0.1, -0.05) is 23.4 Å². The average molecular weight is 458 g/mol. The monoisotopic (exact) mass is 457 g/mol. The van der Waals surface area contributed by atoms with Gasteiger partial charge in [-0.05, 0) is 82.6 Å². The lowest BCUT2D eigenvalue weighted by Crippen LogP contribution is -2.44. The highest BCUT2D eigenvalue weighted by molar-refractivity contribution is 7.08. The largest absolute Gasteiger partial charge is 0.481 e. The minimum atomic E-state index is -0.672. The third-order valence-corrected chi connectivity index (χ3v) is 7.60. The first kappa shape index (κ1) is 20.3. The molecule has 7 heteroatoms. The van der Waals surface area contributed by atoms with Crippen molar-refractivity contribution in [2.24, 2.45) is 5.92 Å². The third kappa shape index (κ3) is 3.67. The molecule has 166 valence electrons. The number of rotatable bonds is 5. The van der Waals surface area contributed by atoms with Gasteiger partial charge < -0.3 is 9.63 Å². The van der Waals surface area contributed by atoms with Gasteiger partial charge in [0.2, 0.25) is 5.82 Å². The molecule has 1 aliphatic heterocycles. The van der Waals surface area contributed by atoms with Gasteiger partial charge in [0.15, 0.2) is 0 Å². The Hall–Kier alpha value is -3.29. The summed E-state index contributed by atoms with van der Waals surface area (Å²) in [7, 11) is 0. The summed E-state index contributed by atoms with van der Waals surface area (Å²) in [5, 5.41) is 17.6. The van der Waals surface area contributed by atoms with E-state index in [-0.39, 0.29) is 5.92 Å². The number of aromatic nitrogens is 2. The molecule has 1 N–H and O–H groups in total. The molecule has 6 rings (SSSR count). The number of thiophene rings is 1. The number of nitrogens with zero attached hydrogens (tertiary/aromatic N) is 3. The maximum atomic E-state index is 11.1. The topological polar surface area (TPSA) is 79.5 Å². The Balaban J connectivity index is 1.20. The summed E-state index contributed by atoms with van der Waals surface area (Å²) in [6.07, 6.45) is 1.49. The van der Waals surface area contributed by atoms with Gasteiger partial charge in [0.05, 0.1) is 5.92 Å². The lowest BCUT2D eigenvalue weighted by atomic mass is 9.79. The number of hydrogen-bond donors (Lipinski definition) is 1. The number of aryl methyl sites for hydroxylation is 1. The molecule has 1 fully saturated rings. The molecule has 33 heavy (non-hydrogen) atoms. The minimum Gasteiger partial charge on any atom is -0.481 e. The highest BCUT2D eigenvalue weighted by Gasteiger charge is 2.39. The van der Waals surface area contributed by atoms with Crippen LogP contribution in [0.5, 0.6) is 0 Å². The number of aliphatic carboxylic acids is 1. The van der Waals surface area contributed by atoms with E-state index >= 15 is 0 Å². The summed E-state index contributed by atoms with van der Waals surface area (Å²) < 4.78 is 5.61. The van der Waals surface area contributed by atoms with E-state index in [0.717, 1.165) is 37.1 Å². The Kier molecular flexibility index (Phi) is 4.89. The van der Waals surface area contributed by atoms with Crippen LogP contribution in [0.15, 0.2) is 57.7 Å². The second-order valence-corrected chi connectivity index (χ2v) is 9.79. The van der Waals surface area contributed by atoms with Crippen molar-refractivity contribution in [3.05, 3.63) is 69.9 Å². The molecule has 0 amide bonds. The summed E-state index contributed by atoms with van der Waals surface area (Å²) in [4.78, 5) is 18.2. The lowest BCUT2D eigenvalue weighted by molar-refractivity contribution is -0.147. The smallest absolute Gasteiger partial charge is 0.306 e. The van der Waals surface area contributed by atoms with Crippen molar-refractivity contribution in [3.63, 3.8) is 0 Å². The van der Waals surface area contributed by atoms with E-state index in [1.54, 1.807) is 11.3 Å². The summed E-state index contributed by atoms with van der Waals surface area (Å²) >= 11 is 1.69. The molecule has 3 heterocycles. The first-order chi connectivity index (χ1) is 16.0. The Bertz CT molecular complexity index is 1340. The van der Waals surface area contributed by atoms with E-state index in [1.807, 2.05) is 12.1 Å². The molecule has 0 unspecified atom stereocenters. The van der Waals surface area contributed by atoms with Gasteiger partial charge in [0.25, 0.3) is 5.89 Å². The van der Waals surface area contributed by atoms with Crippen molar-refractivity contribution in [2.75, 3.05) is 0 Å². The zero-order chi connectivity index (χ0) is 22.5. The second kappa shape index (κ2) is 7.93. The molecule has 0 spiro atoms. The van der Waals surface area contributed by atoms with E-state index in [2.05, 4.69) is 63.1 Å². The van der Waals surface area contributed by atoms with Crippen LogP contribution in [-0.4, -0.2) is 32.2 Å². The number of carboxylic acid groups (broad SMARTS) is 1. The van der Waals surface area contributed by atoms with Crippen LogP contribution in [0.3, 0.4) is 0 Å². The van der Waals surface area contributed by atoms with Gasteiger partial charge >= 0.3 is 5.97 Å². The van der Waals surface area contributed by atoms with Crippen LogP contribution in [0.2, 0.25) is 0 Å². The van der Waals surface area contributed by atoms with Gasteiger partial charge in [-0.15, -0.1) is 0 Å². The SMILES string of the molecule is Cc1cc(-c2nc(-c3ccc4c(c3)CN([C@H]3C[C@H](C(=O)O)C3)C4)no2)ccc1-c1ccsc1. The third-order valence-electron chi connectivity index (χ3n) is 6.92. The van der Waals surface area contributed by atoms with Crippen molar-refractivity contribution >= 4 is 17.3 Å². The molecule has 6 nitrogen and oxygen atoms in total. The normalized spacial score (nSPS) is 19.9. The number of fused-ring (bicyclic) bond motifs is 1. The van der Waals surface area contributed by atoms with E-state index in [1.165, 1.54) is 27.8 Å². The number of carbonyl (C=O) groups is 1. The minimum absolute atomic E-state index is 0.185. The second-order valence-electron chi connectivity index (χ2n) is 9.01. The van der Waals surface area contributed by atoms with Crippen LogP contribution in [0, 0.1) is 12.8 Å². The Morgan fingerprint density at radius 2 is 1.88 bits per heavy atom. The fourth-order valence-corrected chi connectivity index (χ4v) is 5.56. The fraction of sp³-hybridized carbons (Fsp3) is 0.269. The van der Waals surface area contributed by atoms with Crippen molar-refractivity contribution in [1.82, 2.24) is 15.0 Å². The maximum absolute atomic E-state index is 11.1. The molecule has 0 saturated heterocycles. The predicted octanol–water partition coefficient (Wildman–Crippen LogP) is 5.62.